The summed E-state index contributed by atoms with van der Waals surface area (Å²) in [5, 5.41) is 27.9. The minimum absolute atomic E-state index is 0.127. The Bertz CT molecular complexity index is 1090. The van der Waals surface area contributed by atoms with Crippen LogP contribution < -0.4 is 10.6 Å². The lowest BCUT2D eigenvalue weighted by atomic mass is 9.44. The number of hydrogen-bond donors (Lipinski definition) is 4. The number of alkyl carbamates (subject to hydrolysis) is 1. The van der Waals surface area contributed by atoms with E-state index in [1.807, 2.05) is 0 Å². The predicted octanol–water partition coefficient (Wildman–Crippen LogP) is 1.35. The van der Waals surface area contributed by atoms with Gasteiger partial charge in [0, 0.05) is 16.7 Å². The SMILES string of the molecule is COC(=O)NCC(=O)NCOCC(=O)[C@@]1(O)[C@H](C)C[C@H]2[C@@H]3CCC4=CC(=O)C=C[C@]4(C)[C@@]3(F)[C@@H](O)C[C@@]21C. The first-order chi connectivity index (χ1) is 17.8. The number of rotatable bonds is 7. The van der Waals surface area contributed by atoms with Gasteiger partial charge in [0.15, 0.2) is 17.2 Å². The van der Waals surface area contributed by atoms with Gasteiger partial charge >= 0.3 is 6.09 Å². The van der Waals surface area contributed by atoms with E-state index >= 15 is 4.39 Å². The maximum atomic E-state index is 17.2. The highest BCUT2D eigenvalue weighted by atomic mass is 19.1. The molecule has 4 rings (SSSR count). The number of nitrogens with one attached hydrogen (secondary N) is 2. The van der Waals surface area contributed by atoms with Crippen molar-refractivity contribution in [3.05, 3.63) is 23.8 Å². The number of ether oxygens (including phenoxy) is 2. The largest absolute Gasteiger partial charge is 0.453 e. The van der Waals surface area contributed by atoms with Crippen LogP contribution >= 0.6 is 0 Å². The molecule has 3 fully saturated rings. The molecule has 0 aromatic carbocycles. The summed E-state index contributed by atoms with van der Waals surface area (Å²) in [4.78, 5) is 48.2. The third-order valence-corrected chi connectivity index (χ3v) is 9.83. The first-order valence-electron chi connectivity index (χ1n) is 13.0. The van der Waals surface area contributed by atoms with E-state index in [1.165, 1.54) is 19.3 Å². The van der Waals surface area contributed by atoms with Crippen molar-refractivity contribution in [2.45, 2.75) is 63.8 Å². The minimum atomic E-state index is -2.05. The summed E-state index contributed by atoms with van der Waals surface area (Å²) in [6.07, 6.45) is 3.33. The van der Waals surface area contributed by atoms with Gasteiger partial charge in [0.05, 0.1) is 13.2 Å². The maximum absolute atomic E-state index is 17.2. The van der Waals surface area contributed by atoms with E-state index in [-0.39, 0.29) is 31.4 Å². The number of carbonyl (C=O) groups is 4. The second-order valence-electron chi connectivity index (χ2n) is 11.5. The molecule has 38 heavy (non-hydrogen) atoms. The molecule has 11 heteroatoms. The quantitative estimate of drug-likeness (QED) is 0.281. The average Bonchev–Trinajstić information content (AvgIpc) is 3.07. The van der Waals surface area contributed by atoms with Crippen LogP contribution in [0.15, 0.2) is 23.8 Å². The fourth-order valence-electron chi connectivity index (χ4n) is 7.81. The van der Waals surface area contributed by atoms with Gasteiger partial charge in [-0.15, -0.1) is 0 Å². The Balaban J connectivity index is 1.48. The number of allylic oxidation sites excluding steroid dienone is 4. The zero-order valence-electron chi connectivity index (χ0n) is 22.2. The molecule has 2 amide bonds. The van der Waals surface area contributed by atoms with Gasteiger partial charge in [-0.3, -0.25) is 14.4 Å². The van der Waals surface area contributed by atoms with Gasteiger partial charge < -0.3 is 30.3 Å². The van der Waals surface area contributed by atoms with Crippen molar-refractivity contribution in [2.75, 3.05) is 27.0 Å². The summed E-state index contributed by atoms with van der Waals surface area (Å²) < 4.78 is 26.9. The highest BCUT2D eigenvalue weighted by Gasteiger charge is 2.75. The number of hydrogen-bond acceptors (Lipinski definition) is 8. The molecule has 0 aromatic rings. The Morgan fingerprint density at radius 3 is 2.61 bits per heavy atom. The van der Waals surface area contributed by atoms with E-state index in [2.05, 4.69) is 15.4 Å². The van der Waals surface area contributed by atoms with Crippen molar-refractivity contribution in [2.24, 2.45) is 28.6 Å². The average molecular weight is 537 g/mol. The zero-order valence-corrected chi connectivity index (χ0v) is 22.2. The van der Waals surface area contributed by atoms with Gasteiger partial charge in [-0.25, -0.2) is 9.18 Å². The molecular formula is C27H37FN2O8. The van der Waals surface area contributed by atoms with Gasteiger partial charge in [0.2, 0.25) is 5.91 Å². The van der Waals surface area contributed by atoms with E-state index in [4.69, 9.17) is 4.74 Å². The standard InChI is InChI=1S/C27H37FN2O8/c1-15-9-19-18-6-5-16-10-17(31)7-8-24(16,2)26(18,28)20(32)11-25(19,3)27(15,36)21(33)13-38-14-30-22(34)12-29-23(35)37-4/h7-8,10,15,18-20,32,36H,5-6,9,11-14H2,1-4H3,(H,29,35)(H,30,34)/t15-,18+,19+,20+,24+,25+,26+,27+/m1/s1. The Kier molecular flexibility index (Phi) is 7.35. The number of ketones is 2. The van der Waals surface area contributed by atoms with Crippen LogP contribution in [0.2, 0.25) is 0 Å². The topological polar surface area (TPSA) is 151 Å². The first kappa shape index (κ1) is 28.4. The van der Waals surface area contributed by atoms with Crippen LogP contribution in [0, 0.1) is 28.6 Å². The lowest BCUT2D eigenvalue weighted by Crippen LogP contribution is -2.69. The number of amides is 2. The van der Waals surface area contributed by atoms with Crippen molar-refractivity contribution in [3.63, 3.8) is 0 Å². The normalized spacial score (nSPS) is 41.3. The molecule has 8 atom stereocenters. The van der Waals surface area contributed by atoms with Crippen molar-refractivity contribution >= 4 is 23.6 Å². The zero-order chi connectivity index (χ0) is 28.1. The summed E-state index contributed by atoms with van der Waals surface area (Å²) in [6, 6.07) is 0. The third kappa shape index (κ3) is 4.01. The van der Waals surface area contributed by atoms with Crippen LogP contribution in [0.3, 0.4) is 0 Å². The molecule has 0 bridgehead atoms. The molecule has 10 nitrogen and oxygen atoms in total. The highest BCUT2D eigenvalue weighted by Crippen LogP contribution is 2.70. The van der Waals surface area contributed by atoms with Crippen LogP contribution in [-0.4, -0.2) is 78.1 Å². The van der Waals surface area contributed by atoms with Gasteiger partial charge in [0.25, 0.3) is 0 Å². The molecule has 4 aliphatic carbocycles. The van der Waals surface area contributed by atoms with Crippen LogP contribution in [0.25, 0.3) is 0 Å². The fourth-order valence-corrected chi connectivity index (χ4v) is 7.81. The lowest BCUT2D eigenvalue weighted by molar-refractivity contribution is -0.220. The van der Waals surface area contributed by atoms with Crippen LogP contribution in [0.5, 0.6) is 0 Å². The number of Topliss-reactive ketones (excluding diaryl/α,β-unsaturated/α-hetero) is 1. The summed E-state index contributed by atoms with van der Waals surface area (Å²) in [5.74, 6) is -2.87. The second-order valence-corrected chi connectivity index (χ2v) is 11.5. The molecular weight excluding hydrogens is 499 g/mol. The highest BCUT2D eigenvalue weighted by molar-refractivity contribution is 6.01. The van der Waals surface area contributed by atoms with Crippen molar-refractivity contribution in [3.8, 4) is 0 Å². The third-order valence-electron chi connectivity index (χ3n) is 9.83. The molecule has 4 N–H and O–H groups in total. The summed E-state index contributed by atoms with van der Waals surface area (Å²) in [7, 11) is 1.17. The van der Waals surface area contributed by atoms with Crippen molar-refractivity contribution in [1.82, 2.24) is 10.6 Å². The Morgan fingerprint density at radius 1 is 1.21 bits per heavy atom. The number of aliphatic hydroxyl groups excluding tert-OH is 1. The molecule has 3 saturated carbocycles. The monoisotopic (exact) mass is 536 g/mol. The Morgan fingerprint density at radius 2 is 1.92 bits per heavy atom. The van der Waals surface area contributed by atoms with E-state index in [0.717, 1.165) is 0 Å². The molecule has 0 radical (unpaired) electrons. The second kappa shape index (κ2) is 9.84. The number of halogens is 1. The minimum Gasteiger partial charge on any atom is -0.453 e. The fraction of sp³-hybridized carbons (Fsp3) is 0.704. The van der Waals surface area contributed by atoms with Gasteiger partial charge in [-0.1, -0.05) is 25.5 Å². The molecule has 210 valence electrons. The van der Waals surface area contributed by atoms with Crippen molar-refractivity contribution in [1.29, 1.82) is 0 Å². The van der Waals surface area contributed by atoms with E-state index < -0.39 is 64.4 Å². The molecule has 0 aromatic heterocycles. The molecule has 0 unspecified atom stereocenters. The van der Waals surface area contributed by atoms with Gasteiger partial charge in [0.1, 0.15) is 25.5 Å². The van der Waals surface area contributed by atoms with Gasteiger partial charge in [-0.05, 0) is 56.6 Å². The summed E-state index contributed by atoms with van der Waals surface area (Å²) >= 11 is 0. The van der Waals surface area contributed by atoms with Crippen LogP contribution in [0.4, 0.5) is 9.18 Å². The van der Waals surface area contributed by atoms with Gasteiger partial charge in [-0.2, -0.15) is 0 Å². The van der Waals surface area contributed by atoms with Crippen LogP contribution in [0.1, 0.15) is 46.5 Å². The van der Waals surface area contributed by atoms with E-state index in [9.17, 15) is 29.4 Å². The maximum Gasteiger partial charge on any atom is 0.407 e. The molecule has 0 aliphatic heterocycles. The number of fused-ring (bicyclic) bond motifs is 5. The summed E-state index contributed by atoms with van der Waals surface area (Å²) in [6.45, 7) is 4.06. The predicted molar refractivity (Wildman–Crippen MR) is 132 cm³/mol. The van der Waals surface area contributed by atoms with E-state index in [0.29, 0.717) is 24.8 Å². The first-order valence-corrected chi connectivity index (χ1v) is 13.0. The number of aliphatic hydroxyl groups is 2. The smallest absolute Gasteiger partial charge is 0.407 e. The Labute approximate surface area is 221 Å². The van der Waals surface area contributed by atoms with E-state index in [1.54, 1.807) is 26.8 Å². The molecule has 0 saturated heterocycles. The molecule has 0 spiro atoms. The summed E-state index contributed by atoms with van der Waals surface area (Å²) in [5.41, 5.74) is -5.51. The number of carbonyl (C=O) groups excluding carboxylic acids is 4. The number of alkyl halides is 1. The lowest BCUT2D eigenvalue weighted by Gasteiger charge is -2.62. The molecule has 0 heterocycles. The Hall–Kier alpha value is -2.63. The molecule has 4 aliphatic rings. The number of methoxy groups -OCH3 is 1. The van der Waals surface area contributed by atoms with Crippen molar-refractivity contribution < 1.29 is 43.3 Å². The van der Waals surface area contributed by atoms with Crippen LogP contribution in [-0.2, 0) is 23.9 Å².